The Balaban J connectivity index is 2.06. The van der Waals surface area contributed by atoms with Gasteiger partial charge in [-0.05, 0) is 54.7 Å². The second-order valence-corrected chi connectivity index (χ2v) is 7.76. The molecule has 0 bridgehead atoms. The average molecular weight is 361 g/mol. The highest BCUT2D eigenvalue weighted by Crippen LogP contribution is 2.22. The van der Waals surface area contributed by atoms with Gasteiger partial charge in [-0.3, -0.25) is 9.52 Å². The van der Waals surface area contributed by atoms with Gasteiger partial charge in [0.25, 0.3) is 10.0 Å². The summed E-state index contributed by atoms with van der Waals surface area (Å²) in [6.07, 6.45) is 0.688. The van der Waals surface area contributed by atoms with Gasteiger partial charge in [0.2, 0.25) is 0 Å². The van der Waals surface area contributed by atoms with Crippen molar-refractivity contribution < 1.29 is 17.9 Å². The van der Waals surface area contributed by atoms with E-state index >= 15 is 0 Å². The molecule has 5 nitrogen and oxygen atoms in total. The van der Waals surface area contributed by atoms with Crippen molar-refractivity contribution in [2.24, 2.45) is 0 Å². The highest BCUT2D eigenvalue weighted by Gasteiger charge is 2.15. The topological polar surface area (TPSA) is 72.5 Å². The Labute approximate surface area is 149 Å². The van der Waals surface area contributed by atoms with Crippen LogP contribution in [0.3, 0.4) is 0 Å². The quantitative estimate of drug-likeness (QED) is 0.760. The molecule has 0 saturated heterocycles. The molecular formula is C19H23NO4S. The lowest BCUT2D eigenvalue weighted by molar-refractivity contribution is -0.141. The van der Waals surface area contributed by atoms with E-state index in [1.54, 1.807) is 42.5 Å². The van der Waals surface area contributed by atoms with Crippen LogP contribution in [0.1, 0.15) is 37.3 Å². The lowest BCUT2D eigenvalue weighted by Crippen LogP contribution is -2.13. The second-order valence-electron chi connectivity index (χ2n) is 6.07. The Kier molecular flexibility index (Phi) is 6.20. The minimum atomic E-state index is -3.62. The van der Waals surface area contributed by atoms with Crippen molar-refractivity contribution in [1.29, 1.82) is 0 Å². The van der Waals surface area contributed by atoms with Crippen LogP contribution in [-0.2, 0) is 19.6 Å². The molecule has 2 aromatic carbocycles. The first-order valence-corrected chi connectivity index (χ1v) is 9.59. The van der Waals surface area contributed by atoms with Crippen molar-refractivity contribution in [3.05, 3.63) is 59.7 Å². The zero-order valence-electron chi connectivity index (χ0n) is 14.7. The summed E-state index contributed by atoms with van der Waals surface area (Å²) in [5.41, 5.74) is 2.53. The average Bonchev–Trinajstić information content (AvgIpc) is 2.54. The van der Waals surface area contributed by atoms with Crippen molar-refractivity contribution in [2.45, 2.75) is 38.0 Å². The summed E-state index contributed by atoms with van der Waals surface area (Å²) in [7, 11) is -3.62. The number of nitrogens with one attached hydrogen (secondary N) is 1. The van der Waals surface area contributed by atoms with Crippen molar-refractivity contribution >= 4 is 21.7 Å². The number of sulfonamides is 1. The number of benzene rings is 2. The molecule has 0 radical (unpaired) electrons. The zero-order valence-corrected chi connectivity index (χ0v) is 15.5. The summed E-state index contributed by atoms with van der Waals surface area (Å²) in [5.74, 6) is -0.128. The van der Waals surface area contributed by atoms with Crippen LogP contribution in [0.2, 0.25) is 0 Å². The number of ether oxygens (including phenoxy) is 1. The summed E-state index contributed by atoms with van der Waals surface area (Å²) < 4.78 is 32.5. The van der Waals surface area contributed by atoms with E-state index in [1.165, 1.54) is 6.92 Å². The molecule has 0 saturated carbocycles. The van der Waals surface area contributed by atoms with Gasteiger partial charge in [0, 0.05) is 12.6 Å². The summed E-state index contributed by atoms with van der Waals surface area (Å²) in [6, 6.07) is 14.0. The normalized spacial score (nSPS) is 12.4. The largest absolute Gasteiger partial charge is 0.466 e. The summed E-state index contributed by atoms with van der Waals surface area (Å²) in [5, 5.41) is 0. The molecule has 0 fully saturated rings. The highest BCUT2D eigenvalue weighted by atomic mass is 32.2. The molecule has 0 amide bonds. The van der Waals surface area contributed by atoms with E-state index in [4.69, 9.17) is 4.74 Å². The Bertz CT molecular complexity index is 829. The first-order chi connectivity index (χ1) is 11.8. The van der Waals surface area contributed by atoms with Crippen LogP contribution in [0, 0.1) is 6.92 Å². The second kappa shape index (κ2) is 8.16. The van der Waals surface area contributed by atoms with Crippen molar-refractivity contribution in [2.75, 3.05) is 11.3 Å². The standard InChI is InChI=1S/C19H23NO4S/c1-14-5-4-6-18(13-14)20-25(22,23)19-9-7-17(8-10-19)15(2)11-12-24-16(3)21/h4-10,13,15,20H,11-12H2,1-3H3. The van der Waals surface area contributed by atoms with E-state index in [0.717, 1.165) is 11.1 Å². The van der Waals surface area contributed by atoms with Crippen LogP contribution >= 0.6 is 0 Å². The molecule has 0 aliphatic heterocycles. The first-order valence-electron chi connectivity index (χ1n) is 8.11. The van der Waals surface area contributed by atoms with Crippen LogP contribution in [0.15, 0.2) is 53.4 Å². The Morgan fingerprint density at radius 1 is 1.16 bits per heavy atom. The number of aryl methyl sites for hydroxylation is 1. The first kappa shape index (κ1) is 19.0. The molecule has 134 valence electrons. The van der Waals surface area contributed by atoms with Crippen LogP contribution in [0.25, 0.3) is 0 Å². The summed E-state index contributed by atoms with van der Waals surface area (Å²) >= 11 is 0. The third kappa shape index (κ3) is 5.60. The van der Waals surface area contributed by atoms with Crippen LogP contribution in [0.4, 0.5) is 5.69 Å². The maximum Gasteiger partial charge on any atom is 0.302 e. The monoisotopic (exact) mass is 361 g/mol. The number of esters is 1. The molecule has 6 heteroatoms. The number of carbonyl (C=O) groups excluding carboxylic acids is 1. The van der Waals surface area contributed by atoms with Crippen molar-refractivity contribution in [3.8, 4) is 0 Å². The Morgan fingerprint density at radius 3 is 2.44 bits per heavy atom. The van der Waals surface area contributed by atoms with E-state index in [-0.39, 0.29) is 16.8 Å². The third-order valence-electron chi connectivity index (χ3n) is 3.89. The molecule has 0 aliphatic carbocycles. The Hall–Kier alpha value is -2.34. The van der Waals surface area contributed by atoms with Gasteiger partial charge in [0.05, 0.1) is 11.5 Å². The van der Waals surface area contributed by atoms with Crippen molar-refractivity contribution in [3.63, 3.8) is 0 Å². The third-order valence-corrected chi connectivity index (χ3v) is 5.28. The smallest absolute Gasteiger partial charge is 0.302 e. The van der Waals surface area contributed by atoms with Crippen LogP contribution in [0.5, 0.6) is 0 Å². The predicted molar refractivity (Wildman–Crippen MR) is 98.1 cm³/mol. The molecule has 0 aromatic heterocycles. The molecule has 2 rings (SSSR count). The lowest BCUT2D eigenvalue weighted by Gasteiger charge is -2.13. The molecule has 1 atom stereocenters. The van der Waals surface area contributed by atoms with Gasteiger partial charge in [-0.1, -0.05) is 31.2 Å². The fourth-order valence-electron chi connectivity index (χ4n) is 2.44. The molecule has 0 heterocycles. The van der Waals surface area contributed by atoms with Crippen molar-refractivity contribution in [1.82, 2.24) is 0 Å². The summed E-state index contributed by atoms with van der Waals surface area (Å²) in [6.45, 7) is 5.65. The highest BCUT2D eigenvalue weighted by molar-refractivity contribution is 7.92. The zero-order chi connectivity index (χ0) is 18.4. The predicted octanol–water partition coefficient (Wildman–Crippen LogP) is 3.85. The number of hydrogen-bond donors (Lipinski definition) is 1. The van der Waals surface area contributed by atoms with E-state index in [1.807, 2.05) is 19.9 Å². The van der Waals surface area contributed by atoms with Crippen LogP contribution < -0.4 is 4.72 Å². The van der Waals surface area contributed by atoms with Gasteiger partial charge in [-0.15, -0.1) is 0 Å². The fraction of sp³-hybridized carbons (Fsp3) is 0.316. The number of hydrogen-bond acceptors (Lipinski definition) is 4. The maximum atomic E-state index is 12.5. The van der Waals surface area contributed by atoms with E-state index < -0.39 is 10.0 Å². The molecule has 1 unspecified atom stereocenters. The minimum Gasteiger partial charge on any atom is -0.466 e. The SMILES string of the molecule is CC(=O)OCCC(C)c1ccc(S(=O)(=O)Nc2cccc(C)c2)cc1. The van der Waals surface area contributed by atoms with Crippen LogP contribution in [-0.4, -0.2) is 21.0 Å². The lowest BCUT2D eigenvalue weighted by atomic mass is 9.98. The van der Waals surface area contributed by atoms with Gasteiger partial charge in [0.15, 0.2) is 0 Å². The summed E-state index contributed by atoms with van der Waals surface area (Å²) in [4.78, 5) is 11.0. The minimum absolute atomic E-state index is 0.167. The number of carbonyl (C=O) groups is 1. The molecule has 1 N–H and O–H groups in total. The molecular weight excluding hydrogens is 338 g/mol. The van der Waals surface area contributed by atoms with E-state index in [0.29, 0.717) is 18.7 Å². The van der Waals surface area contributed by atoms with Gasteiger partial charge in [-0.25, -0.2) is 8.42 Å². The van der Waals surface area contributed by atoms with Gasteiger partial charge < -0.3 is 4.74 Å². The fourth-order valence-corrected chi connectivity index (χ4v) is 3.49. The molecule has 0 aliphatic rings. The van der Waals surface area contributed by atoms with Gasteiger partial charge in [0.1, 0.15) is 0 Å². The van der Waals surface area contributed by atoms with E-state index in [2.05, 4.69) is 4.72 Å². The molecule has 2 aromatic rings. The number of anilines is 1. The van der Waals surface area contributed by atoms with E-state index in [9.17, 15) is 13.2 Å². The molecule has 25 heavy (non-hydrogen) atoms. The van der Waals surface area contributed by atoms with Gasteiger partial charge in [-0.2, -0.15) is 0 Å². The maximum absolute atomic E-state index is 12.5. The van der Waals surface area contributed by atoms with Gasteiger partial charge >= 0.3 is 5.97 Å². The Morgan fingerprint density at radius 2 is 1.84 bits per heavy atom. The molecule has 0 spiro atoms. The number of rotatable bonds is 7.